The number of pyridine rings is 1. The number of benzene rings is 1. The number of anilines is 1. The van der Waals surface area contributed by atoms with E-state index in [0.717, 1.165) is 36.2 Å². The van der Waals surface area contributed by atoms with Gasteiger partial charge >= 0.3 is 5.91 Å². The van der Waals surface area contributed by atoms with E-state index >= 15 is 0 Å². The highest BCUT2D eigenvalue weighted by Gasteiger charge is 2.49. The van der Waals surface area contributed by atoms with Crippen LogP contribution in [0.3, 0.4) is 0 Å². The van der Waals surface area contributed by atoms with Gasteiger partial charge in [0, 0.05) is 13.1 Å². The Bertz CT molecular complexity index is 1790. The van der Waals surface area contributed by atoms with Crippen LogP contribution < -0.4 is 14.4 Å². The lowest BCUT2D eigenvalue weighted by atomic mass is 9.96. The molecule has 0 spiro atoms. The number of ether oxygens (including phenoxy) is 2. The summed E-state index contributed by atoms with van der Waals surface area (Å²) in [6.07, 6.45) is 4.81. The van der Waals surface area contributed by atoms with Gasteiger partial charge in [-0.25, -0.2) is 9.97 Å². The molecule has 0 saturated carbocycles. The number of Topliss-reactive ketones (excluding diaryl/α,β-unsaturated/α-hetero) is 2. The summed E-state index contributed by atoms with van der Waals surface area (Å²) in [5, 5.41) is 11.9. The fourth-order valence-electron chi connectivity index (χ4n) is 5.34. The number of aromatic nitrogens is 3. The number of carbonyl (C=O) groups excluding carboxylic acids is 3. The number of aliphatic hydroxyl groups excluding tert-OH is 1. The maximum absolute atomic E-state index is 13.7. The number of hydrogen-bond acceptors (Lipinski definition) is 9. The third kappa shape index (κ3) is 5.29. The Morgan fingerprint density at radius 2 is 1.86 bits per heavy atom. The Morgan fingerprint density at radius 1 is 1.09 bits per heavy atom. The highest BCUT2D eigenvalue weighted by Crippen LogP contribution is 2.45. The van der Waals surface area contributed by atoms with Crippen LogP contribution in [-0.4, -0.2) is 50.7 Å². The summed E-state index contributed by atoms with van der Waals surface area (Å²) in [4.78, 5) is 50.5. The van der Waals surface area contributed by atoms with E-state index in [0.29, 0.717) is 45.6 Å². The van der Waals surface area contributed by atoms with Gasteiger partial charge < -0.3 is 19.0 Å². The molecular weight excluding hydrogens is 568 g/mol. The molecule has 11 heteroatoms. The average molecular weight is 603 g/mol. The first-order valence-electron chi connectivity index (χ1n) is 14.1. The highest BCUT2D eigenvalue weighted by molar-refractivity contribution is 7.18. The number of aryl methyl sites for hydroxylation is 3. The van der Waals surface area contributed by atoms with E-state index in [1.54, 1.807) is 32.0 Å². The van der Waals surface area contributed by atoms with Crippen LogP contribution in [0.2, 0.25) is 0 Å². The summed E-state index contributed by atoms with van der Waals surface area (Å²) in [7, 11) is 1.51. The average Bonchev–Trinajstić information content (AvgIpc) is 3.62. The molecule has 0 bridgehead atoms. The largest absolute Gasteiger partial charge is 0.505 e. The van der Waals surface area contributed by atoms with Gasteiger partial charge in [-0.2, -0.15) is 0 Å². The van der Waals surface area contributed by atoms with E-state index in [9.17, 15) is 19.5 Å². The second kappa shape index (κ2) is 12.0. The van der Waals surface area contributed by atoms with E-state index in [1.165, 1.54) is 18.9 Å². The number of hydrogen-bond donors (Lipinski definition) is 1. The van der Waals surface area contributed by atoms with Crippen molar-refractivity contribution in [3.63, 3.8) is 0 Å². The van der Waals surface area contributed by atoms with Gasteiger partial charge in [0.15, 0.2) is 28.2 Å². The van der Waals surface area contributed by atoms with E-state index < -0.39 is 23.5 Å². The predicted molar refractivity (Wildman–Crippen MR) is 164 cm³/mol. The molecule has 0 radical (unpaired) electrons. The molecular formula is C32H34N4O6S. The second-order valence-corrected chi connectivity index (χ2v) is 11.5. The van der Waals surface area contributed by atoms with Crippen molar-refractivity contribution in [2.24, 2.45) is 0 Å². The molecule has 1 aliphatic rings. The van der Waals surface area contributed by atoms with Crippen LogP contribution in [0, 0.1) is 20.8 Å². The Labute approximate surface area is 253 Å². The van der Waals surface area contributed by atoms with Crippen molar-refractivity contribution in [3.8, 4) is 11.5 Å². The highest BCUT2D eigenvalue weighted by atomic mass is 32.1. The minimum atomic E-state index is -1.07. The number of unbranched alkanes of at least 4 members (excludes halogenated alkanes) is 2. The standard InChI is InChI=1S/C32H34N4O6S/c1-7-8-9-15-42-22-13-12-21(16-23(22)41-6)26-24(27(38)25-19(4)35-14-10-11-17(2)30(35)34-25)28(39)31(40)36(26)32-33-18(3)29(43-32)20(5)37/h10-14,16,26,38H,7-9,15H2,1-6H3. The smallest absolute Gasteiger partial charge is 0.301 e. The Balaban J connectivity index is 1.70. The summed E-state index contributed by atoms with van der Waals surface area (Å²) >= 11 is 1.03. The van der Waals surface area contributed by atoms with Crippen molar-refractivity contribution in [1.29, 1.82) is 0 Å². The van der Waals surface area contributed by atoms with Crippen LogP contribution in [0.25, 0.3) is 11.4 Å². The Hall–Kier alpha value is -4.51. The van der Waals surface area contributed by atoms with Crippen molar-refractivity contribution in [2.75, 3.05) is 18.6 Å². The van der Waals surface area contributed by atoms with Crippen molar-refractivity contribution < 1.29 is 29.0 Å². The molecule has 1 unspecified atom stereocenters. The van der Waals surface area contributed by atoms with Crippen molar-refractivity contribution in [3.05, 3.63) is 75.2 Å². The SMILES string of the molecule is CCCCCOc1ccc(C2C(=C(O)c3nc4c(C)cccn4c3C)C(=O)C(=O)N2c2nc(C)c(C(C)=O)s2)cc1OC. The lowest BCUT2D eigenvalue weighted by Gasteiger charge is -2.24. The molecule has 1 atom stereocenters. The van der Waals surface area contributed by atoms with Gasteiger partial charge in [0.2, 0.25) is 0 Å². The van der Waals surface area contributed by atoms with Crippen LogP contribution in [0.15, 0.2) is 42.1 Å². The van der Waals surface area contributed by atoms with Crippen LogP contribution in [0.4, 0.5) is 5.13 Å². The number of methoxy groups -OCH3 is 1. The summed E-state index contributed by atoms with van der Waals surface area (Å²) in [6, 6.07) is 7.86. The zero-order valence-corrected chi connectivity index (χ0v) is 25.9. The lowest BCUT2D eigenvalue weighted by Crippen LogP contribution is -2.29. The van der Waals surface area contributed by atoms with Crippen LogP contribution in [0.1, 0.15) is 77.0 Å². The van der Waals surface area contributed by atoms with E-state index in [-0.39, 0.29) is 22.2 Å². The molecule has 3 aromatic heterocycles. The molecule has 1 amide bonds. The molecule has 4 heterocycles. The number of thiazole rings is 1. The molecule has 1 aromatic carbocycles. The number of rotatable bonds is 10. The number of carbonyl (C=O) groups is 3. The van der Waals surface area contributed by atoms with Gasteiger partial charge in [0.25, 0.3) is 5.78 Å². The van der Waals surface area contributed by atoms with Gasteiger partial charge in [0.1, 0.15) is 11.3 Å². The third-order valence-corrected chi connectivity index (χ3v) is 8.83. The first-order chi connectivity index (χ1) is 20.6. The van der Waals surface area contributed by atoms with Gasteiger partial charge in [-0.1, -0.05) is 43.2 Å². The normalized spacial score (nSPS) is 16.3. The molecule has 10 nitrogen and oxygen atoms in total. The van der Waals surface area contributed by atoms with E-state index in [1.807, 2.05) is 29.7 Å². The van der Waals surface area contributed by atoms with Crippen molar-refractivity contribution in [1.82, 2.24) is 14.4 Å². The van der Waals surface area contributed by atoms with Gasteiger partial charge in [-0.05, 0) is 56.5 Å². The number of aliphatic hydroxyl groups is 1. The minimum absolute atomic E-state index is 0.134. The second-order valence-electron chi connectivity index (χ2n) is 10.5. The van der Waals surface area contributed by atoms with Gasteiger partial charge in [-0.15, -0.1) is 0 Å². The van der Waals surface area contributed by atoms with E-state index in [2.05, 4.69) is 16.9 Å². The molecule has 1 fully saturated rings. The summed E-state index contributed by atoms with van der Waals surface area (Å²) < 4.78 is 13.4. The fourth-order valence-corrected chi connectivity index (χ4v) is 6.33. The Morgan fingerprint density at radius 3 is 2.51 bits per heavy atom. The van der Waals surface area contributed by atoms with Crippen LogP contribution >= 0.6 is 11.3 Å². The molecule has 5 rings (SSSR count). The molecule has 0 aliphatic carbocycles. The van der Waals surface area contributed by atoms with Crippen molar-refractivity contribution >= 4 is 45.3 Å². The third-order valence-electron chi connectivity index (χ3n) is 7.57. The molecule has 1 aliphatic heterocycles. The molecule has 43 heavy (non-hydrogen) atoms. The summed E-state index contributed by atoms with van der Waals surface area (Å²) in [6.45, 7) is 9.42. The zero-order chi connectivity index (χ0) is 31.0. The number of imidazole rings is 1. The number of ketones is 2. The summed E-state index contributed by atoms with van der Waals surface area (Å²) in [5.41, 5.74) is 3.13. The molecule has 1 saturated heterocycles. The van der Waals surface area contributed by atoms with Crippen LogP contribution in [-0.2, 0) is 9.59 Å². The zero-order valence-electron chi connectivity index (χ0n) is 25.1. The van der Waals surface area contributed by atoms with Gasteiger partial charge in [0.05, 0.1) is 41.6 Å². The quantitative estimate of drug-likeness (QED) is 0.0757. The first-order valence-corrected chi connectivity index (χ1v) is 14.9. The van der Waals surface area contributed by atoms with E-state index in [4.69, 9.17) is 9.47 Å². The number of nitrogens with zero attached hydrogens (tertiary/aromatic N) is 4. The van der Waals surface area contributed by atoms with Crippen molar-refractivity contribution in [2.45, 2.75) is 59.9 Å². The topological polar surface area (TPSA) is 123 Å². The fraction of sp³-hybridized carbons (Fsp3) is 0.344. The molecule has 4 aromatic rings. The number of fused-ring (bicyclic) bond motifs is 1. The lowest BCUT2D eigenvalue weighted by molar-refractivity contribution is -0.132. The molecule has 224 valence electrons. The predicted octanol–water partition coefficient (Wildman–Crippen LogP) is 6.12. The minimum Gasteiger partial charge on any atom is -0.505 e. The first kappa shape index (κ1) is 30.0. The Kier molecular flexibility index (Phi) is 8.36. The van der Waals surface area contributed by atoms with Gasteiger partial charge in [-0.3, -0.25) is 19.3 Å². The maximum atomic E-state index is 13.7. The molecule has 1 N–H and O–H groups in total. The van der Waals surface area contributed by atoms with Crippen LogP contribution in [0.5, 0.6) is 11.5 Å². The maximum Gasteiger partial charge on any atom is 0.301 e. The monoisotopic (exact) mass is 602 g/mol. The summed E-state index contributed by atoms with van der Waals surface area (Å²) in [5.74, 6) is -1.41. The number of amides is 1.